The predicted molar refractivity (Wildman–Crippen MR) is 209 cm³/mol. The number of rotatable bonds is 10. The van der Waals surface area contributed by atoms with Gasteiger partial charge in [-0.25, -0.2) is 19.0 Å². The van der Waals surface area contributed by atoms with Crippen molar-refractivity contribution in [2.75, 3.05) is 13.7 Å². The molecule has 0 radical (unpaired) electrons. The average Bonchev–Trinajstić information content (AvgIpc) is 3.70. The number of aryl methyl sites for hydroxylation is 1. The number of imidazole rings is 1. The minimum atomic E-state index is -3.22. The number of aromatic nitrogens is 2. The van der Waals surface area contributed by atoms with Crippen LogP contribution < -0.4 is 5.32 Å². The van der Waals surface area contributed by atoms with Crippen LogP contribution in [0.4, 0.5) is 9.18 Å². The Hall–Kier alpha value is -3.99. The van der Waals surface area contributed by atoms with E-state index in [0.29, 0.717) is 19.4 Å². The number of nitrogens with one attached hydrogen (secondary N) is 1. The number of ketones is 2. The summed E-state index contributed by atoms with van der Waals surface area (Å²) in [5.41, 5.74) is -4.48. The minimum absolute atomic E-state index is 0.0514. The van der Waals surface area contributed by atoms with Gasteiger partial charge in [-0.3, -0.25) is 14.4 Å². The van der Waals surface area contributed by atoms with Gasteiger partial charge in [-0.2, -0.15) is 0 Å². The van der Waals surface area contributed by atoms with E-state index in [0.717, 1.165) is 18.0 Å². The first-order valence-electron chi connectivity index (χ1n) is 20.4. The fourth-order valence-electron chi connectivity index (χ4n) is 9.38. The molecule has 2 amide bonds. The summed E-state index contributed by atoms with van der Waals surface area (Å²) in [7, 11) is 1.36. The van der Waals surface area contributed by atoms with Crippen molar-refractivity contribution in [3.8, 4) is 0 Å². The molecule has 3 aliphatic rings. The van der Waals surface area contributed by atoms with Crippen molar-refractivity contribution in [3.05, 3.63) is 30.6 Å². The van der Waals surface area contributed by atoms with Crippen LogP contribution >= 0.6 is 0 Å². The van der Waals surface area contributed by atoms with Gasteiger partial charge in [-0.05, 0) is 71.9 Å². The molecule has 1 unspecified atom stereocenters. The second kappa shape index (κ2) is 17.7. The standard InChI is InChI=1S/C42H61FN4O11/c1-11-31-42(9)34(47(39(53)58-42)19-15-14-18-46-22-44-28-16-12-13-17-30(28)46)25(4)32(49)23(2)21-40(7,54-10)36(26(5)35(51)41(8,43)38(52)56-31)57-37-33(50)29(45-27(6)48)20-24(3)55-37/h12-13,16-17,22-26,29,31,33-34,36-37,50H,11,14-15,18-21H2,1-10H3,(H,45,48)/t23-,24-,25+,26+,29+,31-,33+,34?,36-,37+,40-,41+,42-/m1/s1. The second-order valence-corrected chi connectivity index (χ2v) is 17.0. The number of halogens is 1. The van der Waals surface area contributed by atoms with Crippen LogP contribution in [0.25, 0.3) is 11.0 Å². The fraction of sp³-hybridized carbons (Fsp3) is 0.714. The van der Waals surface area contributed by atoms with E-state index in [2.05, 4.69) is 10.3 Å². The average molecular weight is 817 g/mol. The number of hydrogen-bond acceptors (Lipinski definition) is 12. The van der Waals surface area contributed by atoms with Crippen LogP contribution in [0, 0.1) is 17.8 Å². The minimum Gasteiger partial charge on any atom is -0.455 e. The molecule has 3 aliphatic heterocycles. The summed E-state index contributed by atoms with van der Waals surface area (Å²) < 4.78 is 49.2. The number of carbonyl (C=O) groups excluding carboxylic acids is 5. The molecule has 4 heterocycles. The number of alkyl halides is 1. The molecule has 58 heavy (non-hydrogen) atoms. The van der Waals surface area contributed by atoms with Gasteiger partial charge in [-0.15, -0.1) is 0 Å². The molecule has 2 N–H and O–H groups in total. The van der Waals surface area contributed by atoms with E-state index in [-0.39, 0.29) is 37.5 Å². The van der Waals surface area contributed by atoms with Crippen LogP contribution in [0.3, 0.4) is 0 Å². The molecule has 15 nitrogen and oxygen atoms in total. The maximum atomic E-state index is 16.9. The number of aliphatic hydroxyl groups is 1. The molecular formula is C42H61FN4O11. The normalized spacial score (nSPS) is 37.9. The summed E-state index contributed by atoms with van der Waals surface area (Å²) in [6, 6.07) is 6.07. The summed E-state index contributed by atoms with van der Waals surface area (Å²) in [5, 5.41) is 14.0. The Labute approximate surface area is 339 Å². The zero-order chi connectivity index (χ0) is 42.9. The molecular weight excluding hydrogens is 755 g/mol. The van der Waals surface area contributed by atoms with Crippen molar-refractivity contribution in [1.29, 1.82) is 0 Å². The number of unbranched alkanes of at least 4 members (excludes halogenated alkanes) is 1. The third-order valence-corrected chi connectivity index (χ3v) is 12.5. The van der Waals surface area contributed by atoms with E-state index in [1.54, 1.807) is 47.9 Å². The van der Waals surface area contributed by atoms with Crippen LogP contribution in [-0.4, -0.2) is 122 Å². The number of ether oxygens (including phenoxy) is 5. The predicted octanol–water partition coefficient (Wildman–Crippen LogP) is 4.69. The lowest BCUT2D eigenvalue weighted by atomic mass is 9.73. The van der Waals surface area contributed by atoms with Crippen LogP contribution in [0.15, 0.2) is 30.6 Å². The lowest BCUT2D eigenvalue weighted by Crippen LogP contribution is -2.62. The zero-order valence-electron chi connectivity index (χ0n) is 35.4. The van der Waals surface area contributed by atoms with Gasteiger partial charge in [0.15, 0.2) is 17.7 Å². The molecule has 1 aromatic carbocycles. The van der Waals surface area contributed by atoms with Crippen molar-refractivity contribution in [2.24, 2.45) is 17.8 Å². The van der Waals surface area contributed by atoms with Gasteiger partial charge >= 0.3 is 12.1 Å². The Balaban J connectivity index is 1.49. The number of benzene rings is 1. The maximum Gasteiger partial charge on any atom is 0.410 e. The lowest BCUT2D eigenvalue weighted by Gasteiger charge is -2.46. The first-order chi connectivity index (χ1) is 27.2. The number of aliphatic hydroxyl groups excluding tert-OH is 1. The number of methoxy groups -OCH3 is 1. The van der Waals surface area contributed by atoms with E-state index < -0.39 is 95.3 Å². The van der Waals surface area contributed by atoms with Gasteiger partial charge in [0.1, 0.15) is 18.0 Å². The Morgan fingerprint density at radius 2 is 1.72 bits per heavy atom. The summed E-state index contributed by atoms with van der Waals surface area (Å²) in [6.45, 7) is 14.4. The monoisotopic (exact) mass is 816 g/mol. The van der Waals surface area contributed by atoms with Gasteiger partial charge < -0.3 is 43.6 Å². The van der Waals surface area contributed by atoms with Gasteiger partial charge in [-0.1, -0.05) is 39.8 Å². The summed E-state index contributed by atoms with van der Waals surface area (Å²) in [4.78, 5) is 74.5. The molecule has 5 rings (SSSR count). The summed E-state index contributed by atoms with van der Waals surface area (Å²) >= 11 is 0. The third kappa shape index (κ3) is 8.80. The topological polar surface area (TPSA) is 185 Å². The Morgan fingerprint density at radius 1 is 1.05 bits per heavy atom. The molecule has 13 atom stereocenters. The van der Waals surface area contributed by atoms with Crippen molar-refractivity contribution < 1.29 is 57.2 Å². The molecule has 0 saturated carbocycles. The van der Waals surface area contributed by atoms with Gasteiger partial charge in [0.2, 0.25) is 5.91 Å². The SMILES string of the molecule is CC[C@H]1OC(=O)[C@@](C)(F)C(=O)[C@H](C)[C@@H](O[C@@H]2O[C@H](C)C[C@H](NC(C)=O)[C@@H]2O)[C@](C)(OC)C[C@@H](C)C(=O)[C@H](C)C2N(CCCCn3cnc4ccccc43)C(=O)O[C@@]21C. The molecule has 0 aliphatic carbocycles. The molecule has 3 fully saturated rings. The first-order valence-corrected chi connectivity index (χ1v) is 20.4. The summed E-state index contributed by atoms with van der Waals surface area (Å²) in [6.07, 6.45) is -3.39. The quantitative estimate of drug-likeness (QED) is 0.192. The number of nitrogens with zero attached hydrogens (tertiary/aromatic N) is 3. The molecule has 3 saturated heterocycles. The van der Waals surface area contributed by atoms with Crippen LogP contribution in [-0.2, 0) is 49.4 Å². The number of fused-ring (bicyclic) bond motifs is 2. The number of amides is 2. The van der Waals surface area contributed by atoms with Crippen molar-refractivity contribution in [3.63, 3.8) is 0 Å². The molecule has 2 aromatic rings. The largest absolute Gasteiger partial charge is 0.455 e. The van der Waals surface area contributed by atoms with Crippen molar-refractivity contribution in [2.45, 2.75) is 161 Å². The highest BCUT2D eigenvalue weighted by atomic mass is 19.1. The van der Waals surface area contributed by atoms with Crippen molar-refractivity contribution in [1.82, 2.24) is 19.8 Å². The fourth-order valence-corrected chi connectivity index (χ4v) is 9.38. The number of para-hydroxylation sites is 2. The second-order valence-electron chi connectivity index (χ2n) is 17.0. The Morgan fingerprint density at radius 3 is 2.38 bits per heavy atom. The first kappa shape index (κ1) is 45.1. The highest BCUT2D eigenvalue weighted by Crippen LogP contribution is 2.43. The van der Waals surface area contributed by atoms with Crippen LogP contribution in [0.2, 0.25) is 0 Å². The van der Waals surface area contributed by atoms with E-state index in [9.17, 15) is 29.1 Å². The zero-order valence-corrected chi connectivity index (χ0v) is 35.4. The summed E-state index contributed by atoms with van der Waals surface area (Å²) in [5.74, 6) is -6.41. The third-order valence-electron chi connectivity index (χ3n) is 12.5. The molecule has 0 bridgehead atoms. The van der Waals surface area contributed by atoms with Crippen molar-refractivity contribution >= 4 is 40.6 Å². The number of cyclic esters (lactones) is 1. The highest BCUT2D eigenvalue weighted by molar-refractivity contribution is 6.08. The molecule has 16 heteroatoms. The van der Waals surface area contributed by atoms with E-state index in [1.807, 2.05) is 28.8 Å². The molecule has 0 spiro atoms. The smallest absolute Gasteiger partial charge is 0.410 e. The number of Topliss-reactive ketones (excluding diaryl/α,β-unsaturated/α-hetero) is 2. The number of carbonyl (C=O) groups is 5. The van der Waals surface area contributed by atoms with Crippen LogP contribution in [0.1, 0.15) is 94.4 Å². The van der Waals surface area contributed by atoms with Crippen LogP contribution in [0.5, 0.6) is 0 Å². The number of esters is 1. The maximum absolute atomic E-state index is 16.9. The van der Waals surface area contributed by atoms with Gasteiger partial charge in [0.25, 0.3) is 5.67 Å². The Bertz CT molecular complexity index is 1840. The number of hydrogen-bond donors (Lipinski definition) is 2. The van der Waals surface area contributed by atoms with E-state index in [1.165, 1.54) is 25.9 Å². The Kier molecular flexibility index (Phi) is 13.8. The lowest BCUT2D eigenvalue weighted by molar-refractivity contribution is -0.290. The van der Waals surface area contributed by atoms with Gasteiger partial charge in [0.05, 0.1) is 47.3 Å². The molecule has 322 valence electrons. The highest BCUT2D eigenvalue weighted by Gasteiger charge is 2.61. The van der Waals surface area contributed by atoms with Gasteiger partial charge in [0, 0.05) is 44.9 Å². The molecule has 1 aromatic heterocycles. The van der Waals surface area contributed by atoms with E-state index in [4.69, 9.17) is 23.7 Å². The van der Waals surface area contributed by atoms with E-state index >= 15 is 4.39 Å².